The minimum atomic E-state index is -1.43. The molecule has 4 unspecified atom stereocenters. The van der Waals surface area contributed by atoms with E-state index >= 15 is 0 Å². The van der Waals surface area contributed by atoms with Gasteiger partial charge in [0, 0.05) is 12.4 Å². The molecule has 2 aromatic rings. The lowest BCUT2D eigenvalue weighted by molar-refractivity contribution is -0.172. The van der Waals surface area contributed by atoms with Crippen molar-refractivity contribution in [2.75, 3.05) is 27.4 Å². The smallest absolute Gasteiger partial charge is 0.320 e. The van der Waals surface area contributed by atoms with Gasteiger partial charge in [-0.25, -0.2) is 0 Å². The Balaban J connectivity index is 2.26. The lowest BCUT2D eigenvalue weighted by atomic mass is 9.74. The van der Waals surface area contributed by atoms with Crippen LogP contribution in [0.2, 0.25) is 0 Å². The normalized spacial score (nSPS) is 22.9. The molecule has 1 aliphatic rings. The molecular formula is C23H25N3O7. The van der Waals surface area contributed by atoms with Crippen LogP contribution >= 0.6 is 0 Å². The van der Waals surface area contributed by atoms with E-state index in [1.807, 2.05) is 0 Å². The van der Waals surface area contributed by atoms with Crippen LogP contribution in [-0.4, -0.2) is 65.9 Å². The standard InChI is InChI=1S/C23H25N3O7/c1-4-33-16(27)13-26-19(14-9-5-7-11-24-14)17(22(29)31-2)21(28)18(23(30)32-3)20(26)15-10-6-8-12-25-15/h5-12,17-20H,4,13H2,1-3H3. The fraction of sp³-hybridized carbons (Fsp3) is 0.391. The summed E-state index contributed by atoms with van der Waals surface area (Å²) in [5, 5.41) is 0. The van der Waals surface area contributed by atoms with Crippen LogP contribution in [0, 0.1) is 11.8 Å². The van der Waals surface area contributed by atoms with E-state index in [2.05, 4.69) is 9.97 Å². The average Bonchev–Trinajstić information content (AvgIpc) is 2.84. The van der Waals surface area contributed by atoms with Crippen LogP contribution in [0.15, 0.2) is 48.8 Å². The fourth-order valence-corrected chi connectivity index (χ4v) is 4.14. The van der Waals surface area contributed by atoms with Crippen LogP contribution < -0.4 is 0 Å². The summed E-state index contributed by atoms with van der Waals surface area (Å²) in [7, 11) is 2.30. The molecule has 0 amide bonds. The highest BCUT2D eigenvalue weighted by Crippen LogP contribution is 2.46. The van der Waals surface area contributed by atoms with Gasteiger partial charge in [-0.2, -0.15) is 0 Å². The zero-order valence-corrected chi connectivity index (χ0v) is 18.5. The van der Waals surface area contributed by atoms with Crippen LogP contribution in [0.1, 0.15) is 30.4 Å². The fourth-order valence-electron chi connectivity index (χ4n) is 4.14. The molecule has 0 spiro atoms. The lowest BCUT2D eigenvalue weighted by Gasteiger charge is -2.46. The number of esters is 3. The van der Waals surface area contributed by atoms with Crippen molar-refractivity contribution in [1.29, 1.82) is 0 Å². The van der Waals surface area contributed by atoms with Crippen LogP contribution in [-0.2, 0) is 33.4 Å². The van der Waals surface area contributed by atoms with Crippen LogP contribution in [0.4, 0.5) is 0 Å². The number of ketones is 1. The molecule has 10 heteroatoms. The van der Waals surface area contributed by atoms with E-state index in [9.17, 15) is 19.2 Å². The van der Waals surface area contributed by atoms with Crippen LogP contribution in [0.5, 0.6) is 0 Å². The second kappa shape index (κ2) is 10.8. The van der Waals surface area contributed by atoms with Gasteiger partial charge in [-0.15, -0.1) is 0 Å². The van der Waals surface area contributed by atoms with Gasteiger partial charge in [0.2, 0.25) is 0 Å². The molecule has 0 N–H and O–H groups in total. The molecule has 3 rings (SSSR count). The Morgan fingerprint density at radius 1 is 0.879 bits per heavy atom. The highest BCUT2D eigenvalue weighted by atomic mass is 16.5. The Morgan fingerprint density at radius 3 is 1.73 bits per heavy atom. The second-order valence-corrected chi connectivity index (χ2v) is 7.28. The van der Waals surface area contributed by atoms with Crippen molar-refractivity contribution in [3.05, 3.63) is 60.2 Å². The van der Waals surface area contributed by atoms with E-state index in [1.54, 1.807) is 48.2 Å². The molecule has 33 heavy (non-hydrogen) atoms. The topological polar surface area (TPSA) is 125 Å². The van der Waals surface area contributed by atoms with E-state index in [1.165, 1.54) is 12.4 Å². The first-order valence-corrected chi connectivity index (χ1v) is 10.4. The third kappa shape index (κ3) is 4.90. The first kappa shape index (κ1) is 24.0. The largest absolute Gasteiger partial charge is 0.468 e. The Morgan fingerprint density at radius 2 is 1.36 bits per heavy atom. The van der Waals surface area contributed by atoms with E-state index < -0.39 is 47.6 Å². The lowest BCUT2D eigenvalue weighted by Crippen LogP contribution is -2.57. The molecule has 0 aromatic carbocycles. The van der Waals surface area contributed by atoms with Gasteiger partial charge in [0.15, 0.2) is 5.78 Å². The Hall–Kier alpha value is -3.66. The number of aromatic nitrogens is 2. The summed E-state index contributed by atoms with van der Waals surface area (Å²) in [6.07, 6.45) is 3.03. The molecule has 1 fully saturated rings. The number of carbonyl (C=O) groups is 4. The first-order valence-electron chi connectivity index (χ1n) is 10.4. The monoisotopic (exact) mass is 455 g/mol. The molecule has 2 aromatic heterocycles. The number of Topliss-reactive ketones (excluding diaryl/α,β-unsaturated/α-hetero) is 1. The maximum Gasteiger partial charge on any atom is 0.320 e. The Kier molecular flexibility index (Phi) is 7.83. The summed E-state index contributed by atoms with van der Waals surface area (Å²) in [6.45, 7) is 1.47. The third-order valence-electron chi connectivity index (χ3n) is 5.47. The van der Waals surface area contributed by atoms with Crippen LogP contribution in [0.3, 0.4) is 0 Å². The maximum atomic E-state index is 13.7. The molecule has 174 valence electrons. The van der Waals surface area contributed by atoms with Crippen molar-refractivity contribution < 1.29 is 33.4 Å². The van der Waals surface area contributed by atoms with Gasteiger partial charge in [-0.1, -0.05) is 12.1 Å². The van der Waals surface area contributed by atoms with Crippen molar-refractivity contribution in [1.82, 2.24) is 14.9 Å². The number of pyridine rings is 2. The minimum absolute atomic E-state index is 0.134. The zero-order valence-electron chi connectivity index (χ0n) is 18.5. The Bertz CT molecular complexity index is 930. The molecule has 0 saturated carbocycles. The zero-order chi connectivity index (χ0) is 24.0. The maximum absolute atomic E-state index is 13.7. The predicted molar refractivity (Wildman–Crippen MR) is 113 cm³/mol. The van der Waals surface area contributed by atoms with Gasteiger partial charge < -0.3 is 14.2 Å². The molecule has 3 heterocycles. The summed E-state index contributed by atoms with van der Waals surface area (Å²) in [5.74, 6) is -5.84. The van der Waals surface area contributed by atoms with Crippen molar-refractivity contribution >= 4 is 23.7 Å². The van der Waals surface area contributed by atoms with Crippen molar-refractivity contribution in [3.63, 3.8) is 0 Å². The van der Waals surface area contributed by atoms with E-state index in [0.717, 1.165) is 14.2 Å². The molecule has 1 saturated heterocycles. The SMILES string of the molecule is CCOC(=O)CN1C(c2ccccn2)C(C(=O)OC)C(=O)C(C(=O)OC)C1c1ccccn1. The van der Waals surface area contributed by atoms with Crippen LogP contribution in [0.25, 0.3) is 0 Å². The highest BCUT2D eigenvalue weighted by Gasteiger charge is 2.57. The van der Waals surface area contributed by atoms with Crippen molar-refractivity contribution in [2.24, 2.45) is 11.8 Å². The first-order chi connectivity index (χ1) is 15.9. The number of rotatable bonds is 7. The Labute approximate surface area is 190 Å². The number of nitrogens with zero attached hydrogens (tertiary/aromatic N) is 3. The van der Waals surface area contributed by atoms with E-state index in [-0.39, 0.29) is 13.2 Å². The average molecular weight is 455 g/mol. The van der Waals surface area contributed by atoms with Gasteiger partial charge in [-0.3, -0.25) is 34.0 Å². The summed E-state index contributed by atoms with van der Waals surface area (Å²) < 4.78 is 15.0. The molecule has 10 nitrogen and oxygen atoms in total. The minimum Gasteiger partial charge on any atom is -0.468 e. The summed E-state index contributed by atoms with van der Waals surface area (Å²) in [6, 6.07) is 8.03. The second-order valence-electron chi connectivity index (χ2n) is 7.28. The van der Waals surface area contributed by atoms with E-state index in [4.69, 9.17) is 14.2 Å². The number of piperidine rings is 1. The summed E-state index contributed by atoms with van der Waals surface area (Å²) in [5.41, 5.74) is 0.713. The molecule has 0 bridgehead atoms. The van der Waals surface area contributed by atoms with E-state index in [0.29, 0.717) is 11.4 Å². The molecule has 0 radical (unpaired) electrons. The molecular weight excluding hydrogens is 430 g/mol. The highest BCUT2D eigenvalue weighted by molar-refractivity contribution is 6.10. The molecule has 0 aliphatic carbocycles. The van der Waals surface area contributed by atoms with Crippen molar-refractivity contribution in [3.8, 4) is 0 Å². The number of hydrogen-bond donors (Lipinski definition) is 0. The van der Waals surface area contributed by atoms with Gasteiger partial charge in [0.25, 0.3) is 0 Å². The number of methoxy groups -OCH3 is 2. The predicted octanol–water partition coefficient (Wildman–Crippen LogP) is 1.29. The van der Waals surface area contributed by atoms with Gasteiger partial charge in [0.05, 0.1) is 50.8 Å². The quantitative estimate of drug-likeness (QED) is 0.342. The summed E-state index contributed by atoms with van der Waals surface area (Å²) >= 11 is 0. The molecule has 1 aliphatic heterocycles. The third-order valence-corrected chi connectivity index (χ3v) is 5.47. The number of likely N-dealkylation sites (tertiary alicyclic amines) is 1. The van der Waals surface area contributed by atoms with Gasteiger partial charge in [-0.05, 0) is 31.2 Å². The van der Waals surface area contributed by atoms with Gasteiger partial charge >= 0.3 is 17.9 Å². The number of ether oxygens (including phenoxy) is 3. The summed E-state index contributed by atoms with van der Waals surface area (Å²) in [4.78, 5) is 62.2. The van der Waals surface area contributed by atoms with Crippen molar-refractivity contribution in [2.45, 2.75) is 19.0 Å². The molecule has 4 atom stereocenters. The number of hydrogen-bond acceptors (Lipinski definition) is 10. The van der Waals surface area contributed by atoms with Gasteiger partial charge in [0.1, 0.15) is 11.8 Å². The number of carbonyl (C=O) groups excluding carboxylic acids is 4.